The summed E-state index contributed by atoms with van der Waals surface area (Å²) in [4.78, 5) is 34.9. The normalized spacial score (nSPS) is 14.6. The quantitative estimate of drug-likeness (QED) is 0.655. The summed E-state index contributed by atoms with van der Waals surface area (Å²) in [6, 6.07) is 2.84. The van der Waals surface area contributed by atoms with Gasteiger partial charge >= 0.3 is 12.0 Å². The number of carboxylic acid groups (broad SMARTS) is 1. The Bertz CT molecular complexity index is 581. The number of nitro groups is 1. The summed E-state index contributed by atoms with van der Waals surface area (Å²) in [5.41, 5.74) is -0.507. The lowest BCUT2D eigenvalue weighted by Gasteiger charge is -2.27. The van der Waals surface area contributed by atoms with E-state index in [4.69, 9.17) is 5.11 Å². The van der Waals surface area contributed by atoms with Crippen molar-refractivity contribution in [2.45, 2.75) is 19.3 Å². The lowest BCUT2D eigenvalue weighted by atomic mass is 10.1. The molecule has 0 bridgehead atoms. The molecule has 1 aromatic carbocycles. The second-order valence-corrected chi connectivity index (χ2v) is 4.77. The highest BCUT2D eigenvalue weighted by Gasteiger charge is 2.21. The third-order valence-corrected chi connectivity index (χ3v) is 3.33. The van der Waals surface area contributed by atoms with Gasteiger partial charge in [-0.3, -0.25) is 10.1 Å². The molecule has 0 aromatic heterocycles. The van der Waals surface area contributed by atoms with Gasteiger partial charge < -0.3 is 15.3 Å². The molecular formula is C13H15N3O5. The molecule has 2 rings (SSSR count). The van der Waals surface area contributed by atoms with E-state index in [-0.39, 0.29) is 16.9 Å². The van der Waals surface area contributed by atoms with Gasteiger partial charge in [0, 0.05) is 25.2 Å². The average Bonchev–Trinajstić information content (AvgIpc) is 2.47. The molecule has 1 fully saturated rings. The van der Waals surface area contributed by atoms with Crippen molar-refractivity contribution >= 4 is 23.4 Å². The van der Waals surface area contributed by atoms with Crippen LogP contribution < -0.4 is 5.32 Å². The number of nitrogens with one attached hydrogen (secondary N) is 1. The largest absolute Gasteiger partial charge is 0.478 e. The Kier molecular flexibility index (Phi) is 4.36. The summed E-state index contributed by atoms with van der Waals surface area (Å²) in [6.07, 6.45) is 2.85. The SMILES string of the molecule is O=C(O)c1ccc([N+](=O)[O-])cc1NC(=O)N1CCCCC1. The van der Waals surface area contributed by atoms with Crippen molar-refractivity contribution in [3.63, 3.8) is 0 Å². The second-order valence-electron chi connectivity index (χ2n) is 4.77. The number of benzene rings is 1. The fourth-order valence-corrected chi connectivity index (χ4v) is 2.23. The van der Waals surface area contributed by atoms with Crippen molar-refractivity contribution < 1.29 is 19.6 Å². The zero-order valence-electron chi connectivity index (χ0n) is 11.2. The highest BCUT2D eigenvalue weighted by atomic mass is 16.6. The van der Waals surface area contributed by atoms with Gasteiger partial charge in [-0.15, -0.1) is 0 Å². The molecule has 0 unspecified atom stereocenters. The topological polar surface area (TPSA) is 113 Å². The number of rotatable bonds is 3. The van der Waals surface area contributed by atoms with Crippen molar-refractivity contribution in [3.8, 4) is 0 Å². The number of anilines is 1. The Balaban J connectivity index is 2.23. The first-order valence-electron chi connectivity index (χ1n) is 6.56. The molecule has 2 amide bonds. The molecule has 1 aliphatic heterocycles. The van der Waals surface area contributed by atoms with E-state index in [1.54, 1.807) is 4.90 Å². The highest BCUT2D eigenvalue weighted by molar-refractivity contribution is 6.00. The molecule has 1 heterocycles. The van der Waals surface area contributed by atoms with Crippen LogP contribution in [0.1, 0.15) is 29.6 Å². The van der Waals surface area contributed by atoms with Gasteiger partial charge in [0.2, 0.25) is 0 Å². The maximum Gasteiger partial charge on any atom is 0.337 e. The number of nitrogens with zero attached hydrogens (tertiary/aromatic N) is 2. The summed E-state index contributed by atoms with van der Waals surface area (Å²) in [7, 11) is 0. The van der Waals surface area contributed by atoms with Gasteiger partial charge in [-0.1, -0.05) is 0 Å². The Morgan fingerprint density at radius 1 is 1.24 bits per heavy atom. The van der Waals surface area contributed by atoms with Gasteiger partial charge in [-0.2, -0.15) is 0 Å². The number of carbonyl (C=O) groups is 2. The number of piperidine rings is 1. The molecule has 8 nitrogen and oxygen atoms in total. The molecular weight excluding hydrogens is 278 g/mol. The maximum atomic E-state index is 12.1. The summed E-state index contributed by atoms with van der Waals surface area (Å²) in [5, 5.41) is 22.3. The van der Waals surface area contributed by atoms with E-state index in [2.05, 4.69) is 5.32 Å². The average molecular weight is 293 g/mol. The van der Waals surface area contributed by atoms with Crippen LogP contribution in [0.2, 0.25) is 0 Å². The van der Waals surface area contributed by atoms with Crippen LogP contribution in [0.15, 0.2) is 18.2 Å². The Labute approximate surface area is 120 Å². The maximum absolute atomic E-state index is 12.1. The van der Waals surface area contributed by atoms with Crippen molar-refractivity contribution in [1.29, 1.82) is 0 Å². The third kappa shape index (κ3) is 3.47. The Hall–Kier alpha value is -2.64. The van der Waals surface area contributed by atoms with Crippen molar-refractivity contribution in [2.75, 3.05) is 18.4 Å². The summed E-state index contributed by atoms with van der Waals surface area (Å²) < 4.78 is 0. The van der Waals surface area contributed by atoms with Gasteiger partial charge in [0.1, 0.15) is 0 Å². The number of likely N-dealkylation sites (tertiary alicyclic amines) is 1. The number of nitro benzene ring substituents is 1. The van der Waals surface area contributed by atoms with Crippen LogP contribution in [-0.2, 0) is 0 Å². The summed E-state index contributed by atoms with van der Waals surface area (Å²) in [5.74, 6) is -1.25. The number of urea groups is 1. The van der Waals surface area contributed by atoms with E-state index >= 15 is 0 Å². The predicted octanol–water partition coefficient (Wildman–Crippen LogP) is 2.31. The first-order valence-corrected chi connectivity index (χ1v) is 6.56. The van der Waals surface area contributed by atoms with Gasteiger partial charge in [0.05, 0.1) is 16.2 Å². The van der Waals surface area contributed by atoms with Crippen molar-refractivity contribution in [3.05, 3.63) is 33.9 Å². The smallest absolute Gasteiger partial charge is 0.337 e. The molecule has 0 atom stereocenters. The minimum Gasteiger partial charge on any atom is -0.478 e. The minimum atomic E-state index is -1.25. The highest BCUT2D eigenvalue weighted by Crippen LogP contribution is 2.23. The van der Waals surface area contributed by atoms with Crippen LogP contribution in [0.5, 0.6) is 0 Å². The van der Waals surface area contributed by atoms with E-state index in [1.807, 2.05) is 0 Å². The zero-order chi connectivity index (χ0) is 15.4. The molecule has 0 spiro atoms. The molecule has 1 saturated heterocycles. The first kappa shape index (κ1) is 14.8. The van der Waals surface area contributed by atoms with E-state index in [0.717, 1.165) is 37.5 Å². The number of hydrogen-bond donors (Lipinski definition) is 2. The number of hydrogen-bond acceptors (Lipinski definition) is 4. The van der Waals surface area contributed by atoms with E-state index < -0.39 is 16.9 Å². The fourth-order valence-electron chi connectivity index (χ4n) is 2.23. The third-order valence-electron chi connectivity index (χ3n) is 3.33. The second kappa shape index (κ2) is 6.21. The van der Waals surface area contributed by atoms with Crippen molar-refractivity contribution in [2.24, 2.45) is 0 Å². The summed E-state index contributed by atoms with van der Waals surface area (Å²) >= 11 is 0. The minimum absolute atomic E-state index is 0.0627. The zero-order valence-corrected chi connectivity index (χ0v) is 11.2. The fraction of sp³-hybridized carbons (Fsp3) is 0.385. The number of non-ortho nitro benzene ring substituents is 1. The number of amides is 2. The monoisotopic (exact) mass is 293 g/mol. The Morgan fingerprint density at radius 3 is 2.48 bits per heavy atom. The number of aromatic carboxylic acids is 1. The van der Waals surface area contributed by atoms with Gasteiger partial charge in [-0.25, -0.2) is 9.59 Å². The molecule has 2 N–H and O–H groups in total. The lowest BCUT2D eigenvalue weighted by Crippen LogP contribution is -2.39. The van der Waals surface area contributed by atoms with Gasteiger partial charge in [0.15, 0.2) is 0 Å². The number of carboxylic acids is 1. The first-order chi connectivity index (χ1) is 9.99. The molecule has 1 aliphatic rings. The lowest BCUT2D eigenvalue weighted by molar-refractivity contribution is -0.384. The van der Waals surface area contributed by atoms with Gasteiger partial charge in [0.25, 0.3) is 5.69 Å². The van der Waals surface area contributed by atoms with Gasteiger partial charge in [-0.05, 0) is 25.3 Å². The van der Waals surface area contributed by atoms with Crippen molar-refractivity contribution in [1.82, 2.24) is 4.90 Å². The van der Waals surface area contributed by atoms with Crippen LogP contribution in [0, 0.1) is 10.1 Å². The molecule has 8 heteroatoms. The van der Waals surface area contributed by atoms with E-state index in [0.29, 0.717) is 13.1 Å². The molecule has 0 radical (unpaired) electrons. The van der Waals surface area contributed by atoms with Crippen LogP contribution in [0.25, 0.3) is 0 Å². The standard InChI is InChI=1S/C13H15N3O5/c17-12(18)10-5-4-9(16(20)21)8-11(10)14-13(19)15-6-2-1-3-7-15/h4-5,8H,1-3,6-7H2,(H,14,19)(H,17,18). The van der Waals surface area contributed by atoms with Crippen LogP contribution in [-0.4, -0.2) is 40.0 Å². The molecule has 112 valence electrons. The Morgan fingerprint density at radius 2 is 1.90 bits per heavy atom. The molecule has 1 aromatic rings. The van der Waals surface area contributed by atoms with Crippen LogP contribution >= 0.6 is 0 Å². The van der Waals surface area contributed by atoms with E-state index in [1.165, 1.54) is 0 Å². The van der Waals surface area contributed by atoms with E-state index in [9.17, 15) is 19.7 Å². The van der Waals surface area contributed by atoms with Crippen LogP contribution in [0.4, 0.5) is 16.2 Å². The van der Waals surface area contributed by atoms with Crippen LogP contribution in [0.3, 0.4) is 0 Å². The predicted molar refractivity (Wildman–Crippen MR) is 74.5 cm³/mol. The molecule has 0 saturated carbocycles. The summed E-state index contributed by atoms with van der Waals surface area (Å²) in [6.45, 7) is 1.20. The molecule has 21 heavy (non-hydrogen) atoms. The molecule has 0 aliphatic carbocycles. The number of carbonyl (C=O) groups excluding carboxylic acids is 1.